The lowest BCUT2D eigenvalue weighted by Crippen LogP contribution is -2.43. The first-order valence-corrected chi connectivity index (χ1v) is 14.3. The number of rotatable bonds is 8. The Morgan fingerprint density at radius 1 is 0.864 bits per heavy atom. The number of aryl methyl sites for hydroxylation is 2. The maximum Gasteiger partial charge on any atom is 0.351 e. The van der Waals surface area contributed by atoms with Gasteiger partial charge >= 0.3 is 17.6 Å². The maximum absolute atomic E-state index is 13.1. The minimum atomic E-state index is -2.03. The fourth-order valence-electron chi connectivity index (χ4n) is 4.49. The van der Waals surface area contributed by atoms with Gasteiger partial charge in [-0.1, -0.05) is 76.8 Å². The van der Waals surface area contributed by atoms with Gasteiger partial charge in [0.1, 0.15) is 18.5 Å². The summed E-state index contributed by atoms with van der Waals surface area (Å²) in [4.78, 5) is 55.4. The van der Waals surface area contributed by atoms with Crippen LogP contribution >= 0.6 is 23.2 Å². The van der Waals surface area contributed by atoms with Crippen molar-refractivity contribution < 1.29 is 28.6 Å². The van der Waals surface area contributed by atoms with E-state index in [1.54, 1.807) is 78.9 Å². The number of amides is 1. The Hall–Kier alpha value is -4.51. The summed E-state index contributed by atoms with van der Waals surface area (Å²) in [5.41, 5.74) is 1.95. The van der Waals surface area contributed by atoms with Crippen LogP contribution in [-0.4, -0.2) is 50.5 Å². The van der Waals surface area contributed by atoms with E-state index >= 15 is 0 Å². The summed E-state index contributed by atoms with van der Waals surface area (Å²) in [6.45, 7) is 3.36. The summed E-state index contributed by atoms with van der Waals surface area (Å²) in [5.74, 6) is -1.87. The van der Waals surface area contributed by atoms with E-state index in [1.165, 1.54) is 12.3 Å². The molecule has 0 spiro atoms. The van der Waals surface area contributed by atoms with Gasteiger partial charge in [0, 0.05) is 11.8 Å². The third-order valence-corrected chi connectivity index (χ3v) is 7.70. The zero-order valence-corrected chi connectivity index (χ0v) is 25.1. The minimum Gasteiger partial charge on any atom is -0.459 e. The van der Waals surface area contributed by atoms with Crippen molar-refractivity contribution >= 4 is 46.9 Å². The molecule has 1 fully saturated rings. The summed E-state index contributed by atoms with van der Waals surface area (Å²) in [5, 5.41) is 2.56. The summed E-state index contributed by atoms with van der Waals surface area (Å²) in [7, 11) is 0. The number of benzene rings is 3. The Kier molecular flexibility index (Phi) is 9.14. The number of carbonyl (C=O) groups is 3. The maximum atomic E-state index is 13.1. The highest BCUT2D eigenvalue weighted by Crippen LogP contribution is 2.48. The third-order valence-electron chi connectivity index (χ3n) is 6.90. The fraction of sp³-hybridized carbons (Fsp3) is 0.219. The van der Waals surface area contributed by atoms with E-state index in [0.717, 1.165) is 15.7 Å². The van der Waals surface area contributed by atoms with Crippen LogP contribution in [0.3, 0.4) is 0 Å². The van der Waals surface area contributed by atoms with Crippen LogP contribution in [0.25, 0.3) is 0 Å². The van der Waals surface area contributed by atoms with Crippen LogP contribution in [-0.2, 0) is 14.2 Å². The summed E-state index contributed by atoms with van der Waals surface area (Å²) >= 11 is 13.6. The molecule has 1 aliphatic heterocycles. The molecule has 44 heavy (non-hydrogen) atoms. The second-order valence-electron chi connectivity index (χ2n) is 10.2. The number of nitrogens with one attached hydrogen (secondary N) is 1. The first-order valence-electron chi connectivity index (χ1n) is 13.5. The van der Waals surface area contributed by atoms with Crippen LogP contribution in [0.15, 0.2) is 95.9 Å². The molecule has 3 atom stereocenters. The lowest BCUT2D eigenvalue weighted by molar-refractivity contribution is -0.0582. The Bertz CT molecular complexity index is 1730. The number of alkyl halides is 2. The molecule has 12 heteroatoms. The van der Waals surface area contributed by atoms with Gasteiger partial charge in [-0.15, -0.1) is 0 Å². The van der Waals surface area contributed by atoms with Gasteiger partial charge in [-0.3, -0.25) is 9.36 Å². The number of carbonyl (C=O) groups excluding carboxylic acids is 3. The zero-order valence-electron chi connectivity index (χ0n) is 23.6. The highest BCUT2D eigenvalue weighted by molar-refractivity contribution is 6.49. The first-order chi connectivity index (χ1) is 21.0. The van der Waals surface area contributed by atoms with Crippen LogP contribution in [0.5, 0.6) is 0 Å². The Labute approximate surface area is 262 Å². The van der Waals surface area contributed by atoms with Crippen LogP contribution < -0.4 is 11.0 Å². The minimum absolute atomic E-state index is 0.0150. The number of hydrogen-bond donors (Lipinski definition) is 1. The molecule has 1 saturated heterocycles. The molecule has 0 saturated carbocycles. The van der Waals surface area contributed by atoms with Crippen molar-refractivity contribution in [3.8, 4) is 0 Å². The molecule has 4 aromatic rings. The quantitative estimate of drug-likeness (QED) is 0.205. The largest absolute Gasteiger partial charge is 0.459 e. The molecule has 2 heterocycles. The molecule has 10 nitrogen and oxygen atoms in total. The highest BCUT2D eigenvalue weighted by atomic mass is 35.5. The van der Waals surface area contributed by atoms with Gasteiger partial charge in [0.15, 0.2) is 12.3 Å². The topological polar surface area (TPSA) is 126 Å². The predicted octanol–water partition coefficient (Wildman–Crippen LogP) is 5.27. The van der Waals surface area contributed by atoms with Gasteiger partial charge in [0.05, 0.1) is 11.1 Å². The monoisotopic (exact) mass is 635 g/mol. The van der Waals surface area contributed by atoms with E-state index < -0.39 is 52.9 Å². The lowest BCUT2D eigenvalue weighted by Gasteiger charge is -2.27. The normalized spacial score (nSPS) is 18.8. The average molecular weight is 636 g/mol. The predicted molar refractivity (Wildman–Crippen MR) is 163 cm³/mol. The molecule has 3 aromatic carbocycles. The van der Waals surface area contributed by atoms with Crippen molar-refractivity contribution in [3.63, 3.8) is 0 Å². The molecular formula is C32H27Cl2N3O7. The SMILES string of the molecule is Cc1ccc(C(=O)OC[C@H]2O[C@@H](n3ccc(NC(=O)c4ccccc4)nc3=O)C(Cl)(Cl)[C@@H]2OC(=O)c2ccc(C)cc2)cc1. The van der Waals surface area contributed by atoms with Crippen molar-refractivity contribution in [2.24, 2.45) is 0 Å². The van der Waals surface area contributed by atoms with Gasteiger partial charge in [0.25, 0.3) is 5.91 Å². The molecule has 226 valence electrons. The second kappa shape index (κ2) is 13.0. The molecule has 0 radical (unpaired) electrons. The number of anilines is 1. The van der Waals surface area contributed by atoms with E-state index in [0.29, 0.717) is 11.1 Å². The van der Waals surface area contributed by atoms with Gasteiger partial charge in [-0.25, -0.2) is 14.4 Å². The molecule has 5 rings (SSSR count). The first kappa shape index (κ1) is 30.9. The van der Waals surface area contributed by atoms with E-state index in [1.807, 2.05) is 13.8 Å². The van der Waals surface area contributed by atoms with Gasteiger partial charge < -0.3 is 19.5 Å². The number of hydrogen-bond acceptors (Lipinski definition) is 8. The highest BCUT2D eigenvalue weighted by Gasteiger charge is 2.59. The van der Waals surface area contributed by atoms with Crippen molar-refractivity contribution in [2.45, 2.75) is 36.6 Å². The smallest absolute Gasteiger partial charge is 0.351 e. The van der Waals surface area contributed by atoms with E-state index in [2.05, 4.69) is 10.3 Å². The molecular weight excluding hydrogens is 609 g/mol. The fourth-order valence-corrected chi connectivity index (χ4v) is 5.17. The summed E-state index contributed by atoms with van der Waals surface area (Å²) in [6.07, 6.45) is -2.66. The van der Waals surface area contributed by atoms with Crippen LogP contribution in [0.2, 0.25) is 0 Å². The van der Waals surface area contributed by atoms with Gasteiger partial charge in [-0.2, -0.15) is 4.98 Å². The summed E-state index contributed by atoms with van der Waals surface area (Å²) in [6, 6.07) is 23.2. The molecule has 1 aliphatic rings. The zero-order chi connectivity index (χ0) is 31.4. The molecule has 1 N–H and O–H groups in total. The Balaban J connectivity index is 1.39. The van der Waals surface area contributed by atoms with Crippen molar-refractivity contribution in [1.29, 1.82) is 0 Å². The van der Waals surface area contributed by atoms with Crippen LogP contribution in [0.1, 0.15) is 48.4 Å². The van der Waals surface area contributed by atoms with Gasteiger partial charge in [-0.05, 0) is 56.3 Å². The van der Waals surface area contributed by atoms with Crippen LogP contribution in [0, 0.1) is 13.8 Å². The number of halogens is 2. The summed E-state index contributed by atoms with van der Waals surface area (Å²) < 4.78 is 16.2. The number of ether oxygens (including phenoxy) is 3. The van der Waals surface area contributed by atoms with Crippen molar-refractivity contribution in [1.82, 2.24) is 9.55 Å². The van der Waals surface area contributed by atoms with E-state index in [9.17, 15) is 19.2 Å². The molecule has 1 amide bonds. The van der Waals surface area contributed by atoms with E-state index in [4.69, 9.17) is 37.4 Å². The molecule has 0 bridgehead atoms. The number of aromatic nitrogens is 2. The van der Waals surface area contributed by atoms with Gasteiger partial charge in [0.2, 0.25) is 4.33 Å². The van der Waals surface area contributed by atoms with Crippen LogP contribution in [0.4, 0.5) is 5.82 Å². The van der Waals surface area contributed by atoms with Crippen molar-refractivity contribution in [2.75, 3.05) is 11.9 Å². The number of nitrogens with zero attached hydrogens (tertiary/aromatic N) is 2. The number of esters is 2. The molecule has 0 aliphatic carbocycles. The van der Waals surface area contributed by atoms with Crippen molar-refractivity contribution in [3.05, 3.63) is 129 Å². The van der Waals surface area contributed by atoms with E-state index in [-0.39, 0.29) is 11.4 Å². The third kappa shape index (κ3) is 6.83. The lowest BCUT2D eigenvalue weighted by atomic mass is 10.1. The second-order valence-corrected chi connectivity index (χ2v) is 11.6. The standard InChI is InChI=1S/C32H27Cl2N3O7/c1-19-8-12-22(13-9-19)28(39)42-18-24-26(44-29(40)23-14-10-20(2)11-15-23)32(33,34)30(43-24)37-17-16-25(36-31(37)41)35-27(38)21-6-4-3-5-7-21/h3-17,24,26,30H,18H2,1-2H3,(H,35,36,38,41)/t24-,26-,30-/m1/s1. The Morgan fingerprint density at radius 3 is 2.05 bits per heavy atom. The average Bonchev–Trinajstić information content (AvgIpc) is 3.25. The Morgan fingerprint density at radius 2 is 1.45 bits per heavy atom. The molecule has 0 unspecified atom stereocenters. The molecule has 1 aromatic heterocycles.